The van der Waals surface area contributed by atoms with Crippen LogP contribution < -0.4 is 10.6 Å². The lowest BCUT2D eigenvalue weighted by Gasteiger charge is -2.13. The summed E-state index contributed by atoms with van der Waals surface area (Å²) in [5.74, 6) is 0.213. The number of halogens is 1. The van der Waals surface area contributed by atoms with Gasteiger partial charge in [0.05, 0.1) is 28.8 Å². The molecule has 0 aliphatic rings. The largest absolute Gasteiger partial charge is 0.384 e. The van der Waals surface area contributed by atoms with Crippen molar-refractivity contribution in [1.29, 1.82) is 0 Å². The second-order valence-electron chi connectivity index (χ2n) is 10.9. The van der Waals surface area contributed by atoms with Crippen molar-refractivity contribution < 1.29 is 4.39 Å². The van der Waals surface area contributed by atoms with Crippen molar-refractivity contribution in [3.8, 4) is 22.8 Å². The Bertz CT molecular complexity index is 1830. The molecule has 5 rings (SSSR count). The number of nitrogens with zero attached hydrogens (tertiary/aromatic N) is 5. The quantitative estimate of drug-likeness (QED) is 0.107. The van der Waals surface area contributed by atoms with Crippen molar-refractivity contribution in [2.24, 2.45) is 0 Å². The highest BCUT2D eigenvalue weighted by atomic mass is 19.1. The molecule has 4 heterocycles. The monoisotopic (exact) mass is 591 g/mol. The van der Waals surface area contributed by atoms with Crippen LogP contribution in [0.5, 0.6) is 0 Å². The van der Waals surface area contributed by atoms with E-state index in [9.17, 15) is 4.39 Å². The van der Waals surface area contributed by atoms with Gasteiger partial charge in [-0.3, -0.25) is 10.1 Å². The summed E-state index contributed by atoms with van der Waals surface area (Å²) in [5.41, 5.74) is 9.05. The Morgan fingerprint density at radius 2 is 1.93 bits per heavy atom. The predicted molar refractivity (Wildman–Crippen MR) is 178 cm³/mol. The van der Waals surface area contributed by atoms with Crippen molar-refractivity contribution in [3.05, 3.63) is 103 Å². The van der Waals surface area contributed by atoms with E-state index in [2.05, 4.69) is 55.8 Å². The molecule has 0 atom stereocenters. The zero-order chi connectivity index (χ0) is 31.2. The first kappa shape index (κ1) is 30.4. The molecule has 0 fully saturated rings. The standard InChI is InChI=1S/C34H38FN9/c1-7-9-21(3)38-27-17-24(19-36-20-27)29-11-12-30-32(40-29)33(43-42-30)34-39-22(4)31(41-34)28(10-8-2)23-15-25(35)18-26(16-23)37-13-14-44(5)6/h8,10-12,15-20,37-38H,2-3,7,9,13-14H2,1,4-6H3,(H,39,41)(H,42,43)/b28-10-. The number of benzene rings is 1. The minimum atomic E-state index is -0.336. The number of aryl methyl sites for hydroxylation is 1. The third-order valence-corrected chi connectivity index (χ3v) is 7.06. The van der Waals surface area contributed by atoms with Crippen molar-refractivity contribution in [2.45, 2.75) is 26.7 Å². The zero-order valence-electron chi connectivity index (χ0n) is 25.6. The van der Waals surface area contributed by atoms with E-state index < -0.39 is 0 Å². The van der Waals surface area contributed by atoms with E-state index >= 15 is 0 Å². The van der Waals surface area contributed by atoms with Crippen molar-refractivity contribution >= 4 is 28.0 Å². The fraction of sp³-hybridized carbons (Fsp3) is 0.235. The number of nitrogens with one attached hydrogen (secondary N) is 4. The molecule has 0 aliphatic heterocycles. The maximum absolute atomic E-state index is 14.8. The molecule has 0 saturated carbocycles. The third-order valence-electron chi connectivity index (χ3n) is 7.06. The summed E-state index contributed by atoms with van der Waals surface area (Å²) in [6.45, 7) is 13.5. The Kier molecular flexibility index (Phi) is 9.30. The van der Waals surface area contributed by atoms with Crippen LogP contribution in [-0.2, 0) is 0 Å². The normalized spacial score (nSPS) is 11.7. The molecular weight excluding hydrogens is 553 g/mol. The molecule has 0 radical (unpaired) electrons. The number of hydrogen-bond donors (Lipinski definition) is 4. The van der Waals surface area contributed by atoms with Gasteiger partial charge in [0.2, 0.25) is 0 Å². The van der Waals surface area contributed by atoms with Crippen LogP contribution in [0.2, 0.25) is 0 Å². The van der Waals surface area contributed by atoms with Gasteiger partial charge in [-0.1, -0.05) is 38.7 Å². The molecule has 44 heavy (non-hydrogen) atoms. The number of aromatic amines is 2. The number of anilines is 2. The summed E-state index contributed by atoms with van der Waals surface area (Å²) < 4.78 is 14.8. The second-order valence-corrected chi connectivity index (χ2v) is 10.9. The predicted octanol–water partition coefficient (Wildman–Crippen LogP) is 7.17. The van der Waals surface area contributed by atoms with E-state index in [1.165, 1.54) is 12.1 Å². The lowest BCUT2D eigenvalue weighted by Crippen LogP contribution is -2.20. The van der Waals surface area contributed by atoms with E-state index in [1.54, 1.807) is 18.5 Å². The van der Waals surface area contributed by atoms with Gasteiger partial charge in [0.25, 0.3) is 0 Å². The van der Waals surface area contributed by atoms with Crippen LogP contribution in [0.4, 0.5) is 15.8 Å². The van der Waals surface area contributed by atoms with Gasteiger partial charge in [0.15, 0.2) is 11.5 Å². The van der Waals surface area contributed by atoms with Gasteiger partial charge < -0.3 is 20.5 Å². The second kappa shape index (κ2) is 13.5. The van der Waals surface area contributed by atoms with Crippen LogP contribution in [0.1, 0.15) is 36.7 Å². The highest BCUT2D eigenvalue weighted by Gasteiger charge is 2.20. The fourth-order valence-corrected chi connectivity index (χ4v) is 4.98. The number of rotatable bonds is 13. The van der Waals surface area contributed by atoms with Crippen LogP contribution in [0, 0.1) is 12.7 Å². The molecule has 0 aliphatic carbocycles. The highest BCUT2D eigenvalue weighted by Crippen LogP contribution is 2.32. The maximum atomic E-state index is 14.8. The van der Waals surface area contributed by atoms with Gasteiger partial charge >= 0.3 is 0 Å². The Morgan fingerprint density at radius 1 is 1.09 bits per heavy atom. The summed E-state index contributed by atoms with van der Waals surface area (Å²) in [6.07, 6.45) is 8.97. The summed E-state index contributed by atoms with van der Waals surface area (Å²) in [5, 5.41) is 14.3. The van der Waals surface area contributed by atoms with Crippen LogP contribution >= 0.6 is 0 Å². The molecule has 0 amide bonds. The van der Waals surface area contributed by atoms with E-state index in [0.29, 0.717) is 40.5 Å². The van der Waals surface area contributed by atoms with Gasteiger partial charge in [-0.05, 0) is 69.4 Å². The fourth-order valence-electron chi connectivity index (χ4n) is 4.98. The molecule has 5 aromatic rings. The van der Waals surface area contributed by atoms with E-state index in [4.69, 9.17) is 9.97 Å². The van der Waals surface area contributed by atoms with Crippen molar-refractivity contribution in [2.75, 3.05) is 37.8 Å². The lowest BCUT2D eigenvalue weighted by atomic mass is 10.00. The summed E-state index contributed by atoms with van der Waals surface area (Å²) in [7, 11) is 4.00. The molecule has 0 unspecified atom stereocenters. The van der Waals surface area contributed by atoms with Crippen LogP contribution in [0.25, 0.3) is 39.4 Å². The summed E-state index contributed by atoms with van der Waals surface area (Å²) in [4.78, 5) is 19.7. The molecule has 9 nitrogen and oxygen atoms in total. The first-order chi connectivity index (χ1) is 21.2. The first-order valence-corrected chi connectivity index (χ1v) is 14.6. The molecule has 0 bridgehead atoms. The van der Waals surface area contributed by atoms with E-state index in [-0.39, 0.29) is 5.82 Å². The SMILES string of the molecule is C=C/C=C(/c1cc(F)cc(NCCN(C)C)c1)c1nc(-c2n[nH]c3ccc(-c4cncc(NC(=C)CCC)c4)nc23)[nH]c1C. The van der Waals surface area contributed by atoms with Gasteiger partial charge in [-0.2, -0.15) is 5.10 Å². The summed E-state index contributed by atoms with van der Waals surface area (Å²) >= 11 is 0. The minimum Gasteiger partial charge on any atom is -0.384 e. The Hall–Kier alpha value is -5.09. The minimum absolute atomic E-state index is 0.336. The van der Waals surface area contributed by atoms with Crippen LogP contribution in [-0.4, -0.2) is 62.2 Å². The number of imidazole rings is 1. The number of pyridine rings is 2. The molecule has 1 aromatic carbocycles. The molecular formula is C34H38FN9. The topological polar surface area (TPSA) is 110 Å². The molecule has 10 heteroatoms. The number of allylic oxidation sites excluding steroid dienone is 3. The van der Waals surface area contributed by atoms with E-state index in [1.807, 2.05) is 51.4 Å². The molecule has 4 N–H and O–H groups in total. The summed E-state index contributed by atoms with van der Waals surface area (Å²) in [6, 6.07) is 10.8. The first-order valence-electron chi connectivity index (χ1n) is 14.6. The number of aromatic nitrogens is 6. The molecule has 4 aromatic heterocycles. The Morgan fingerprint density at radius 3 is 2.70 bits per heavy atom. The maximum Gasteiger partial charge on any atom is 0.161 e. The van der Waals surface area contributed by atoms with Crippen molar-refractivity contribution in [3.63, 3.8) is 0 Å². The highest BCUT2D eigenvalue weighted by molar-refractivity contribution is 5.90. The number of likely N-dealkylation sites (N-methyl/N-ethyl adjacent to an activating group) is 1. The van der Waals surface area contributed by atoms with E-state index in [0.717, 1.165) is 58.8 Å². The molecule has 0 saturated heterocycles. The zero-order valence-corrected chi connectivity index (χ0v) is 25.6. The average Bonchev–Trinajstić information content (AvgIpc) is 3.58. The van der Waals surface area contributed by atoms with Gasteiger partial charge in [0.1, 0.15) is 11.3 Å². The smallest absolute Gasteiger partial charge is 0.161 e. The average molecular weight is 592 g/mol. The van der Waals surface area contributed by atoms with Gasteiger partial charge in [0, 0.05) is 47.5 Å². The third kappa shape index (κ3) is 6.92. The number of fused-ring (bicyclic) bond motifs is 1. The molecule has 0 spiro atoms. The van der Waals surface area contributed by atoms with Gasteiger partial charge in [-0.25, -0.2) is 14.4 Å². The van der Waals surface area contributed by atoms with Crippen molar-refractivity contribution in [1.82, 2.24) is 35.0 Å². The van der Waals surface area contributed by atoms with Crippen LogP contribution in [0.3, 0.4) is 0 Å². The van der Waals surface area contributed by atoms with Gasteiger partial charge in [-0.15, -0.1) is 0 Å². The molecule has 226 valence electrons. The Labute approximate surface area is 257 Å². The Balaban J connectivity index is 1.48. The lowest BCUT2D eigenvalue weighted by molar-refractivity contribution is 0.425. The van der Waals surface area contributed by atoms with Crippen LogP contribution in [0.15, 0.2) is 79.8 Å². The number of H-pyrrole nitrogens is 2. The number of hydrogen-bond acceptors (Lipinski definition) is 7.